The molecule has 14 heteroatoms. The number of para-hydroxylation sites is 1. The summed E-state index contributed by atoms with van der Waals surface area (Å²) >= 11 is 0. The van der Waals surface area contributed by atoms with Crippen LogP contribution in [-0.2, 0) is 16.1 Å². The molecule has 1 aliphatic carbocycles. The smallest absolute Gasteiger partial charge is 0.406 e. The van der Waals surface area contributed by atoms with Crippen LogP contribution in [0.2, 0.25) is 0 Å². The Balaban J connectivity index is 1.35. The number of anilines is 1. The van der Waals surface area contributed by atoms with Crippen molar-refractivity contribution in [1.82, 2.24) is 15.6 Å². The molecule has 5 rings (SSSR count). The van der Waals surface area contributed by atoms with E-state index in [0.717, 1.165) is 24.3 Å². The third-order valence-electron chi connectivity index (χ3n) is 6.83. The summed E-state index contributed by atoms with van der Waals surface area (Å²) < 4.78 is 68.2. The maximum Gasteiger partial charge on any atom is 0.573 e. The minimum atomic E-state index is -4.88. The molecule has 1 fully saturated rings. The zero-order valence-electron chi connectivity index (χ0n) is 21.5. The topological polar surface area (TPSA) is 118 Å². The largest absolute Gasteiger partial charge is 0.573 e. The summed E-state index contributed by atoms with van der Waals surface area (Å²) in [5, 5.41) is 4.99. The molecule has 0 radical (unpaired) electrons. The van der Waals surface area contributed by atoms with Gasteiger partial charge in [-0.25, -0.2) is 9.37 Å². The van der Waals surface area contributed by atoms with Crippen LogP contribution in [-0.4, -0.2) is 46.4 Å². The number of pyridine rings is 1. The Hall–Kier alpha value is -4.88. The van der Waals surface area contributed by atoms with Gasteiger partial charge in [-0.05, 0) is 54.8 Å². The van der Waals surface area contributed by atoms with Crippen LogP contribution in [0.25, 0.3) is 0 Å². The number of alkyl halides is 3. The molecule has 2 heterocycles. The number of ketones is 1. The van der Waals surface area contributed by atoms with Crippen molar-refractivity contribution < 1.29 is 45.9 Å². The van der Waals surface area contributed by atoms with E-state index < -0.39 is 71.1 Å². The number of carbonyl (C=O) groups is 4. The van der Waals surface area contributed by atoms with Gasteiger partial charge in [0, 0.05) is 12.0 Å². The number of amides is 3. The fourth-order valence-corrected chi connectivity index (χ4v) is 4.54. The second-order valence-electron chi connectivity index (χ2n) is 9.79. The van der Waals surface area contributed by atoms with Crippen LogP contribution < -0.4 is 20.3 Å². The van der Waals surface area contributed by atoms with Crippen LogP contribution in [0.1, 0.15) is 45.7 Å². The van der Waals surface area contributed by atoms with E-state index in [-0.39, 0.29) is 30.6 Å². The molecule has 2 aromatic carbocycles. The molecule has 0 spiro atoms. The number of carbonyl (C=O) groups excluding carboxylic acids is 4. The van der Waals surface area contributed by atoms with Gasteiger partial charge in [-0.3, -0.25) is 19.2 Å². The number of fused-ring (bicyclic) bond motifs is 1. The van der Waals surface area contributed by atoms with Gasteiger partial charge in [0.25, 0.3) is 5.91 Å². The minimum Gasteiger partial charge on any atom is -0.406 e. The highest BCUT2D eigenvalue weighted by molar-refractivity contribution is 6.13. The predicted octanol–water partition coefficient (Wildman–Crippen LogP) is 3.83. The van der Waals surface area contributed by atoms with Crippen LogP contribution in [0.5, 0.6) is 5.75 Å². The molecular formula is C28H21F5N4O5. The van der Waals surface area contributed by atoms with Gasteiger partial charge in [0.05, 0.1) is 12.2 Å². The van der Waals surface area contributed by atoms with E-state index in [1.165, 1.54) is 29.2 Å². The number of Topliss-reactive ketones (excluding diaryl/α,β-unsaturated/α-hetero) is 1. The average molecular weight is 588 g/mol. The molecule has 0 unspecified atom stereocenters. The fourth-order valence-electron chi connectivity index (χ4n) is 4.54. The third-order valence-corrected chi connectivity index (χ3v) is 6.83. The van der Waals surface area contributed by atoms with Crippen molar-refractivity contribution in [3.63, 3.8) is 0 Å². The summed E-state index contributed by atoms with van der Waals surface area (Å²) in [5.74, 6) is -5.99. The number of halogens is 5. The summed E-state index contributed by atoms with van der Waals surface area (Å²) in [6.07, 6.45) is -4.92. The lowest BCUT2D eigenvalue weighted by molar-refractivity contribution is -0.274. The molecule has 1 aromatic heterocycles. The predicted molar refractivity (Wildman–Crippen MR) is 135 cm³/mol. The zero-order chi connectivity index (χ0) is 30.2. The first kappa shape index (κ1) is 28.6. The number of ether oxygens (including phenoxy) is 1. The molecule has 9 nitrogen and oxygen atoms in total. The number of hydrogen-bond acceptors (Lipinski definition) is 6. The molecule has 0 saturated heterocycles. The van der Waals surface area contributed by atoms with Crippen molar-refractivity contribution in [1.29, 1.82) is 0 Å². The minimum absolute atomic E-state index is 0.147. The first-order valence-electron chi connectivity index (χ1n) is 12.6. The Morgan fingerprint density at radius 3 is 2.33 bits per heavy atom. The number of benzene rings is 2. The maximum absolute atomic E-state index is 13.7. The Morgan fingerprint density at radius 2 is 1.69 bits per heavy atom. The molecular weight excluding hydrogens is 567 g/mol. The lowest BCUT2D eigenvalue weighted by atomic mass is 10.0. The second kappa shape index (κ2) is 10.8. The Labute approximate surface area is 234 Å². The van der Waals surface area contributed by atoms with E-state index in [0.29, 0.717) is 5.56 Å². The summed E-state index contributed by atoms with van der Waals surface area (Å²) in [5.41, 5.74) is -1.04. The fraction of sp³-hybridized carbons (Fsp3) is 0.250. The van der Waals surface area contributed by atoms with Gasteiger partial charge in [0.15, 0.2) is 11.6 Å². The number of hydrogen-bond donors (Lipinski definition) is 2. The third kappa shape index (κ3) is 6.06. The van der Waals surface area contributed by atoms with Gasteiger partial charge < -0.3 is 20.3 Å². The van der Waals surface area contributed by atoms with E-state index in [9.17, 15) is 41.1 Å². The molecule has 3 amide bonds. The monoisotopic (exact) mass is 588 g/mol. The SMILES string of the molecule is O=C(NC1(C(=O)N[C@@H]2CC(=O)c3ccccc3N(Cc3ccc(OC(F)(F)F)cc3)C2=O)CC1)c1ccc(F)c(F)n1. The summed E-state index contributed by atoms with van der Waals surface area (Å²) in [6, 6.07) is 11.4. The standard InChI is InChI=1S/C28H21F5N4O5/c29-18-9-10-19(34-23(18)30)24(39)36-27(11-12-27)26(41)35-20-13-22(38)17-3-1-2-4-21(17)37(25(20)40)14-15-5-7-16(8-6-15)42-28(31,32)33/h1-10,20H,11-14H2,(H,35,41)(H,36,39)/t20-/m1/s1. The summed E-state index contributed by atoms with van der Waals surface area (Å²) in [4.78, 5) is 57.2. The van der Waals surface area contributed by atoms with Gasteiger partial charge in [-0.2, -0.15) is 4.39 Å². The number of nitrogens with zero attached hydrogens (tertiary/aromatic N) is 2. The molecule has 218 valence electrons. The van der Waals surface area contributed by atoms with E-state index in [1.807, 2.05) is 0 Å². The van der Waals surface area contributed by atoms with Crippen LogP contribution in [0.15, 0.2) is 60.7 Å². The van der Waals surface area contributed by atoms with Crippen molar-refractivity contribution in [2.75, 3.05) is 4.90 Å². The normalized spacial score (nSPS) is 17.6. The molecule has 2 aliphatic rings. The van der Waals surface area contributed by atoms with E-state index in [1.54, 1.807) is 12.1 Å². The highest BCUT2D eigenvalue weighted by atomic mass is 19.4. The quantitative estimate of drug-likeness (QED) is 0.320. The molecule has 42 heavy (non-hydrogen) atoms. The second-order valence-corrected chi connectivity index (χ2v) is 9.79. The molecule has 1 atom stereocenters. The van der Waals surface area contributed by atoms with Crippen molar-refractivity contribution in [3.8, 4) is 5.75 Å². The average Bonchev–Trinajstić information content (AvgIpc) is 3.73. The molecule has 2 N–H and O–H groups in total. The van der Waals surface area contributed by atoms with E-state index in [2.05, 4.69) is 20.4 Å². The Morgan fingerprint density at radius 1 is 1.00 bits per heavy atom. The van der Waals surface area contributed by atoms with Crippen molar-refractivity contribution in [2.24, 2.45) is 0 Å². The van der Waals surface area contributed by atoms with Crippen LogP contribution in [0, 0.1) is 11.8 Å². The molecule has 3 aromatic rings. The van der Waals surface area contributed by atoms with E-state index >= 15 is 0 Å². The molecule has 0 bridgehead atoms. The zero-order valence-corrected chi connectivity index (χ0v) is 21.5. The van der Waals surface area contributed by atoms with Crippen molar-refractivity contribution in [3.05, 3.63) is 89.2 Å². The highest BCUT2D eigenvalue weighted by Crippen LogP contribution is 2.37. The molecule has 1 saturated carbocycles. The Bertz CT molecular complexity index is 1570. The van der Waals surface area contributed by atoms with Gasteiger partial charge in [0.2, 0.25) is 17.8 Å². The number of aromatic nitrogens is 1. The highest BCUT2D eigenvalue weighted by Gasteiger charge is 2.52. The van der Waals surface area contributed by atoms with Crippen molar-refractivity contribution >= 4 is 29.2 Å². The maximum atomic E-state index is 13.7. The first-order chi connectivity index (χ1) is 19.8. The van der Waals surface area contributed by atoms with Gasteiger partial charge in [-0.1, -0.05) is 24.3 Å². The lowest BCUT2D eigenvalue weighted by Crippen LogP contribution is -2.55. The van der Waals surface area contributed by atoms with Crippen LogP contribution in [0.4, 0.5) is 27.6 Å². The van der Waals surface area contributed by atoms with Gasteiger partial charge in [0.1, 0.15) is 23.0 Å². The summed E-state index contributed by atoms with van der Waals surface area (Å²) in [6.45, 7) is -0.147. The summed E-state index contributed by atoms with van der Waals surface area (Å²) in [7, 11) is 0. The first-order valence-corrected chi connectivity index (χ1v) is 12.6. The van der Waals surface area contributed by atoms with Gasteiger partial charge in [-0.15, -0.1) is 13.2 Å². The van der Waals surface area contributed by atoms with Crippen LogP contribution in [0.3, 0.4) is 0 Å². The van der Waals surface area contributed by atoms with Crippen molar-refractivity contribution in [2.45, 2.75) is 43.8 Å². The van der Waals surface area contributed by atoms with Gasteiger partial charge >= 0.3 is 6.36 Å². The van der Waals surface area contributed by atoms with E-state index in [4.69, 9.17) is 0 Å². The van der Waals surface area contributed by atoms with Crippen LogP contribution >= 0.6 is 0 Å². The number of rotatable bonds is 7. The molecule has 1 aliphatic heterocycles. The Kier molecular flexibility index (Phi) is 7.39. The lowest BCUT2D eigenvalue weighted by Gasteiger charge is -2.27. The number of nitrogens with one attached hydrogen (secondary N) is 2.